The van der Waals surface area contributed by atoms with Gasteiger partial charge >= 0.3 is 17.4 Å². The van der Waals surface area contributed by atoms with E-state index in [4.69, 9.17) is 16.0 Å². The molecule has 0 atom stereocenters. The number of hydrogen-bond donors (Lipinski definition) is 0. The summed E-state index contributed by atoms with van der Waals surface area (Å²) in [6, 6.07) is 10.0. The first-order valence-electron chi connectivity index (χ1n) is 9.30. The van der Waals surface area contributed by atoms with Crippen LogP contribution in [0.25, 0.3) is 21.3 Å². The summed E-state index contributed by atoms with van der Waals surface area (Å²) in [6.45, 7) is 0.499. The van der Waals surface area contributed by atoms with Crippen molar-refractivity contribution in [3.05, 3.63) is 58.7 Å². The lowest BCUT2D eigenvalue weighted by atomic mass is 10.3. The molecule has 0 saturated carbocycles. The number of aromatic nitrogens is 2. The summed E-state index contributed by atoms with van der Waals surface area (Å²) in [5.41, 5.74) is 0.240. The Bertz CT molecular complexity index is 1420. The van der Waals surface area contributed by atoms with Crippen LogP contribution in [0.2, 0.25) is 5.02 Å². The van der Waals surface area contributed by atoms with Gasteiger partial charge in [-0.25, -0.2) is 8.42 Å². The van der Waals surface area contributed by atoms with Gasteiger partial charge in [0.1, 0.15) is 10.4 Å². The summed E-state index contributed by atoms with van der Waals surface area (Å²) >= 11 is 7.16. The normalized spacial score (nSPS) is 15.7. The molecule has 31 heavy (non-hydrogen) atoms. The van der Waals surface area contributed by atoms with Crippen LogP contribution in [0, 0.1) is 5.21 Å². The molecule has 12 heteroatoms. The SMILES string of the molecule is O=C(c1oc2cccnc2[n+]1[O-])N1CCN(S(=O)(=O)c2cc3ccc(Cl)cc3s2)CC1. The molecule has 1 aliphatic rings. The average Bonchev–Trinajstić information content (AvgIpc) is 3.35. The maximum Gasteiger partial charge on any atom is 0.372 e. The van der Waals surface area contributed by atoms with E-state index in [-0.39, 0.29) is 47.5 Å². The highest BCUT2D eigenvalue weighted by molar-refractivity contribution is 7.91. The molecule has 0 radical (unpaired) electrons. The van der Waals surface area contributed by atoms with Gasteiger partial charge in [0.25, 0.3) is 10.0 Å². The Kier molecular flexibility index (Phi) is 4.85. The number of carbonyl (C=O) groups is 1. The van der Waals surface area contributed by atoms with Crippen molar-refractivity contribution in [1.82, 2.24) is 14.2 Å². The third-order valence-corrected chi connectivity index (χ3v) is 8.78. The van der Waals surface area contributed by atoms with Gasteiger partial charge in [-0.15, -0.1) is 11.3 Å². The number of piperazine rings is 1. The van der Waals surface area contributed by atoms with E-state index in [0.29, 0.717) is 9.75 Å². The lowest BCUT2D eigenvalue weighted by Crippen LogP contribution is -2.52. The van der Waals surface area contributed by atoms with Crippen LogP contribution >= 0.6 is 22.9 Å². The van der Waals surface area contributed by atoms with Gasteiger partial charge in [-0.1, -0.05) is 17.7 Å². The smallest absolute Gasteiger partial charge is 0.372 e. The molecule has 1 amide bonds. The lowest BCUT2D eigenvalue weighted by molar-refractivity contribution is -0.588. The summed E-state index contributed by atoms with van der Waals surface area (Å²) < 4.78 is 34.3. The molecular weight excluding hydrogens is 464 g/mol. The Balaban J connectivity index is 1.34. The molecule has 5 rings (SSSR count). The molecule has 160 valence electrons. The lowest BCUT2D eigenvalue weighted by Gasteiger charge is -2.32. The van der Waals surface area contributed by atoms with Gasteiger partial charge in [0.2, 0.25) is 5.58 Å². The number of rotatable bonds is 3. The van der Waals surface area contributed by atoms with Crippen molar-refractivity contribution >= 4 is 60.2 Å². The molecule has 0 bridgehead atoms. The van der Waals surface area contributed by atoms with E-state index < -0.39 is 15.9 Å². The number of thiophene rings is 1. The zero-order chi connectivity index (χ0) is 21.8. The van der Waals surface area contributed by atoms with Gasteiger partial charge in [0.05, 0.1) is 0 Å². The number of carbonyl (C=O) groups excluding carboxylic acids is 1. The van der Waals surface area contributed by atoms with E-state index in [0.717, 1.165) is 21.4 Å². The second-order valence-electron chi connectivity index (χ2n) is 6.97. The van der Waals surface area contributed by atoms with Crippen LogP contribution < -0.4 is 4.73 Å². The number of nitrogens with zero attached hydrogens (tertiary/aromatic N) is 4. The zero-order valence-electron chi connectivity index (χ0n) is 15.9. The molecule has 4 heterocycles. The minimum atomic E-state index is -3.71. The minimum absolute atomic E-state index is 0.0249. The van der Waals surface area contributed by atoms with Crippen molar-refractivity contribution < 1.29 is 22.4 Å². The zero-order valence-corrected chi connectivity index (χ0v) is 18.3. The third-order valence-electron chi connectivity index (χ3n) is 5.10. The fraction of sp³-hybridized carbons (Fsp3) is 0.211. The Hall–Kier alpha value is -2.73. The molecule has 1 saturated heterocycles. The van der Waals surface area contributed by atoms with Crippen LogP contribution in [0.4, 0.5) is 0 Å². The molecule has 4 aromatic rings. The van der Waals surface area contributed by atoms with Crippen LogP contribution in [-0.2, 0) is 10.0 Å². The van der Waals surface area contributed by atoms with Crippen LogP contribution in [0.15, 0.2) is 51.2 Å². The molecule has 0 spiro atoms. The van der Waals surface area contributed by atoms with Crippen molar-refractivity contribution in [3.63, 3.8) is 0 Å². The highest BCUT2D eigenvalue weighted by atomic mass is 35.5. The van der Waals surface area contributed by atoms with Crippen molar-refractivity contribution in [1.29, 1.82) is 0 Å². The number of benzene rings is 1. The Morgan fingerprint density at radius 2 is 1.97 bits per heavy atom. The van der Waals surface area contributed by atoms with Gasteiger partial charge < -0.3 is 14.5 Å². The number of oxazole rings is 1. The summed E-state index contributed by atoms with van der Waals surface area (Å²) in [6.07, 6.45) is 1.44. The van der Waals surface area contributed by atoms with Gasteiger partial charge in [-0.05, 0) is 40.7 Å². The molecule has 3 aromatic heterocycles. The summed E-state index contributed by atoms with van der Waals surface area (Å²) in [4.78, 5) is 18.1. The molecule has 0 N–H and O–H groups in total. The molecule has 1 aliphatic heterocycles. The van der Waals surface area contributed by atoms with Crippen molar-refractivity contribution in [2.45, 2.75) is 4.21 Å². The largest absolute Gasteiger partial charge is 0.708 e. The third kappa shape index (κ3) is 3.43. The van der Waals surface area contributed by atoms with Gasteiger partial charge in [0.15, 0.2) is 0 Å². The van der Waals surface area contributed by atoms with E-state index in [1.807, 2.05) is 0 Å². The monoisotopic (exact) mass is 478 g/mol. The first-order chi connectivity index (χ1) is 14.8. The minimum Gasteiger partial charge on any atom is -0.708 e. The van der Waals surface area contributed by atoms with Crippen LogP contribution in [0.3, 0.4) is 0 Å². The Labute approximate surface area is 185 Å². The first kappa shape index (κ1) is 20.2. The molecule has 9 nitrogen and oxygen atoms in total. The number of pyridine rings is 1. The number of amides is 1. The quantitative estimate of drug-likeness (QED) is 0.330. The number of halogens is 1. The molecule has 0 unspecified atom stereocenters. The summed E-state index contributed by atoms with van der Waals surface area (Å²) in [5.74, 6) is -0.979. The number of sulfonamides is 1. The Morgan fingerprint density at radius 3 is 2.71 bits per heavy atom. The van der Waals surface area contributed by atoms with Crippen LogP contribution in [0.1, 0.15) is 10.7 Å². The highest BCUT2D eigenvalue weighted by Crippen LogP contribution is 2.33. The van der Waals surface area contributed by atoms with Gasteiger partial charge in [-0.3, -0.25) is 4.79 Å². The standard InChI is InChI=1S/C19H15ClN4O5S2/c20-13-4-3-12-10-16(30-15(12)11-13)31(27,28)23-8-6-22(7-9-23)18(25)19-24(26)17-14(29-19)2-1-5-21-17/h1-5,10-11H,6-9H2. The van der Waals surface area contributed by atoms with Crippen LogP contribution in [-0.4, -0.2) is 54.7 Å². The summed E-state index contributed by atoms with van der Waals surface area (Å²) in [7, 11) is -3.71. The van der Waals surface area contributed by atoms with E-state index in [1.54, 1.807) is 36.4 Å². The van der Waals surface area contributed by atoms with E-state index in [9.17, 15) is 18.4 Å². The first-order valence-corrected chi connectivity index (χ1v) is 11.9. The number of fused-ring (bicyclic) bond motifs is 2. The molecular formula is C19H15ClN4O5S2. The molecule has 1 aromatic carbocycles. The van der Waals surface area contributed by atoms with E-state index in [2.05, 4.69) is 4.98 Å². The predicted octanol–water partition coefficient (Wildman–Crippen LogP) is 2.48. The van der Waals surface area contributed by atoms with Gasteiger partial charge in [0, 0.05) is 35.9 Å². The average molecular weight is 479 g/mol. The second kappa shape index (κ2) is 7.45. The van der Waals surface area contributed by atoms with E-state index >= 15 is 0 Å². The summed E-state index contributed by atoms with van der Waals surface area (Å²) in [5, 5.41) is 13.7. The predicted molar refractivity (Wildman–Crippen MR) is 114 cm³/mol. The Morgan fingerprint density at radius 1 is 1.19 bits per heavy atom. The van der Waals surface area contributed by atoms with E-state index in [1.165, 1.54) is 15.4 Å². The van der Waals surface area contributed by atoms with Crippen LogP contribution in [0.5, 0.6) is 0 Å². The molecule has 0 aliphatic carbocycles. The van der Waals surface area contributed by atoms with Crippen molar-refractivity contribution in [2.75, 3.05) is 26.2 Å². The topological polar surface area (TPSA) is 111 Å². The van der Waals surface area contributed by atoms with Crippen molar-refractivity contribution in [2.24, 2.45) is 0 Å². The maximum absolute atomic E-state index is 13.1. The van der Waals surface area contributed by atoms with Gasteiger partial charge in [-0.2, -0.15) is 9.04 Å². The highest BCUT2D eigenvalue weighted by Gasteiger charge is 2.34. The second-order valence-corrected chi connectivity index (χ2v) is 10.7. The fourth-order valence-corrected chi connectivity index (χ4v) is 6.74. The van der Waals surface area contributed by atoms with Crippen molar-refractivity contribution in [3.8, 4) is 0 Å². The maximum atomic E-state index is 13.1. The molecule has 1 fully saturated rings. The fourth-order valence-electron chi connectivity index (χ4n) is 3.49. The number of hydrogen-bond acceptors (Lipinski definition) is 7.